The minimum absolute atomic E-state index is 0.0576. The average molecular weight is 265 g/mol. The van der Waals surface area contributed by atoms with Gasteiger partial charge >= 0.3 is 0 Å². The molecule has 0 amide bonds. The van der Waals surface area contributed by atoms with Crippen molar-refractivity contribution >= 4 is 27.9 Å². The first kappa shape index (κ1) is 11.0. The van der Waals surface area contributed by atoms with Crippen molar-refractivity contribution in [3.8, 4) is 0 Å². The minimum Gasteiger partial charge on any atom is -0.398 e. The van der Waals surface area contributed by atoms with E-state index < -0.39 is 12.1 Å². The Labute approximate surface area is 87.4 Å². The van der Waals surface area contributed by atoms with Crippen molar-refractivity contribution in [2.45, 2.75) is 11.8 Å². The number of hydrogen-bond donors (Lipinski definition) is 1. The normalized spacial score (nSPS) is 10.6. The number of anilines is 1. The lowest BCUT2D eigenvalue weighted by atomic mass is 10.1. The standard InChI is InChI=1S/C8H7BrF2N2O/c9-1-4-2-13-7(8(10)11)5(3-14)6(4)12/h2-3,8H,1H2,(H2,12,13). The van der Waals surface area contributed by atoms with Gasteiger partial charge in [-0.05, 0) is 0 Å². The summed E-state index contributed by atoms with van der Waals surface area (Å²) in [6, 6.07) is 0. The molecule has 0 atom stereocenters. The maximum absolute atomic E-state index is 12.3. The van der Waals surface area contributed by atoms with Crippen LogP contribution in [0.25, 0.3) is 0 Å². The topological polar surface area (TPSA) is 56.0 Å². The van der Waals surface area contributed by atoms with Crippen LogP contribution in [0.1, 0.15) is 28.0 Å². The van der Waals surface area contributed by atoms with Crippen molar-refractivity contribution in [1.82, 2.24) is 4.98 Å². The van der Waals surface area contributed by atoms with E-state index in [4.69, 9.17) is 5.73 Å². The molecule has 14 heavy (non-hydrogen) atoms. The number of nitrogen functional groups attached to an aromatic ring is 1. The second-order valence-corrected chi connectivity index (χ2v) is 3.11. The summed E-state index contributed by atoms with van der Waals surface area (Å²) in [7, 11) is 0. The highest BCUT2D eigenvalue weighted by atomic mass is 79.9. The van der Waals surface area contributed by atoms with Gasteiger partial charge in [-0.15, -0.1) is 0 Å². The van der Waals surface area contributed by atoms with Gasteiger partial charge in [0.05, 0.1) is 5.56 Å². The molecule has 0 aliphatic heterocycles. The van der Waals surface area contributed by atoms with E-state index in [9.17, 15) is 13.6 Å². The zero-order chi connectivity index (χ0) is 10.7. The first-order valence-corrected chi connectivity index (χ1v) is 4.80. The van der Waals surface area contributed by atoms with Gasteiger partial charge in [-0.2, -0.15) is 0 Å². The minimum atomic E-state index is -2.79. The fourth-order valence-corrected chi connectivity index (χ4v) is 1.45. The first-order chi connectivity index (χ1) is 6.61. The lowest BCUT2D eigenvalue weighted by Crippen LogP contribution is -2.05. The number of alkyl halides is 3. The molecule has 0 saturated heterocycles. The van der Waals surface area contributed by atoms with E-state index in [1.807, 2.05) is 0 Å². The lowest BCUT2D eigenvalue weighted by molar-refractivity contribution is 0.110. The summed E-state index contributed by atoms with van der Waals surface area (Å²) in [4.78, 5) is 14.0. The predicted molar refractivity (Wildman–Crippen MR) is 51.6 cm³/mol. The van der Waals surface area contributed by atoms with Gasteiger partial charge < -0.3 is 5.73 Å². The summed E-state index contributed by atoms with van der Waals surface area (Å²) in [5.74, 6) is 0. The third-order valence-electron chi connectivity index (χ3n) is 1.74. The van der Waals surface area contributed by atoms with Crippen LogP contribution in [0.2, 0.25) is 0 Å². The van der Waals surface area contributed by atoms with E-state index in [0.717, 1.165) is 0 Å². The quantitative estimate of drug-likeness (QED) is 0.674. The van der Waals surface area contributed by atoms with Crippen molar-refractivity contribution in [2.24, 2.45) is 0 Å². The summed E-state index contributed by atoms with van der Waals surface area (Å²) in [6.45, 7) is 0. The molecular weight excluding hydrogens is 258 g/mol. The molecule has 0 fully saturated rings. The van der Waals surface area contributed by atoms with Crippen LogP contribution in [0.15, 0.2) is 6.20 Å². The third kappa shape index (κ3) is 1.89. The van der Waals surface area contributed by atoms with Crippen LogP contribution >= 0.6 is 15.9 Å². The number of aldehydes is 1. The molecule has 1 aromatic heterocycles. The smallest absolute Gasteiger partial charge is 0.281 e. The highest BCUT2D eigenvalue weighted by Crippen LogP contribution is 2.26. The number of rotatable bonds is 3. The Hall–Kier alpha value is -1.04. The monoisotopic (exact) mass is 264 g/mol. The molecule has 1 aromatic rings. The molecule has 0 radical (unpaired) electrons. The van der Waals surface area contributed by atoms with Crippen molar-refractivity contribution < 1.29 is 13.6 Å². The Kier molecular flexibility index (Phi) is 3.51. The zero-order valence-corrected chi connectivity index (χ0v) is 8.59. The number of carbonyl (C=O) groups is 1. The fraction of sp³-hybridized carbons (Fsp3) is 0.250. The fourth-order valence-electron chi connectivity index (χ4n) is 1.00. The van der Waals surface area contributed by atoms with Gasteiger partial charge in [0.1, 0.15) is 5.69 Å². The Balaban J connectivity index is 3.35. The van der Waals surface area contributed by atoms with Crippen LogP contribution in [-0.2, 0) is 5.33 Å². The maximum atomic E-state index is 12.3. The number of carbonyl (C=O) groups excluding carboxylic acids is 1. The molecule has 0 aromatic carbocycles. The van der Waals surface area contributed by atoms with E-state index in [1.165, 1.54) is 6.20 Å². The van der Waals surface area contributed by atoms with Gasteiger partial charge in [0.2, 0.25) is 0 Å². The molecule has 0 aliphatic carbocycles. The molecule has 76 valence electrons. The number of pyridine rings is 1. The van der Waals surface area contributed by atoms with Crippen molar-refractivity contribution in [2.75, 3.05) is 5.73 Å². The molecule has 0 aliphatic rings. The highest BCUT2D eigenvalue weighted by Gasteiger charge is 2.18. The summed E-state index contributed by atoms with van der Waals surface area (Å²) in [5.41, 5.74) is 5.30. The maximum Gasteiger partial charge on any atom is 0.281 e. The van der Waals surface area contributed by atoms with E-state index >= 15 is 0 Å². The molecule has 1 heterocycles. The highest BCUT2D eigenvalue weighted by molar-refractivity contribution is 9.08. The molecule has 0 unspecified atom stereocenters. The van der Waals surface area contributed by atoms with Gasteiger partial charge in [0.15, 0.2) is 6.29 Å². The molecular formula is C8H7BrF2N2O. The van der Waals surface area contributed by atoms with Crippen molar-refractivity contribution in [3.63, 3.8) is 0 Å². The average Bonchev–Trinajstić information content (AvgIpc) is 2.17. The second-order valence-electron chi connectivity index (χ2n) is 2.55. The Morgan fingerprint density at radius 3 is 2.71 bits per heavy atom. The molecule has 1 rings (SSSR count). The van der Waals surface area contributed by atoms with Crippen LogP contribution in [0.5, 0.6) is 0 Å². The van der Waals surface area contributed by atoms with Crippen LogP contribution in [0.3, 0.4) is 0 Å². The molecule has 3 nitrogen and oxygen atoms in total. The van der Waals surface area contributed by atoms with Crippen molar-refractivity contribution in [1.29, 1.82) is 0 Å². The van der Waals surface area contributed by atoms with Crippen LogP contribution in [0.4, 0.5) is 14.5 Å². The lowest BCUT2D eigenvalue weighted by Gasteiger charge is -2.08. The van der Waals surface area contributed by atoms with Gasteiger partial charge in [0, 0.05) is 22.8 Å². The van der Waals surface area contributed by atoms with E-state index in [1.54, 1.807) is 0 Å². The van der Waals surface area contributed by atoms with E-state index in [2.05, 4.69) is 20.9 Å². The van der Waals surface area contributed by atoms with Crippen LogP contribution in [0, 0.1) is 0 Å². The molecule has 2 N–H and O–H groups in total. The first-order valence-electron chi connectivity index (χ1n) is 3.68. The number of hydrogen-bond acceptors (Lipinski definition) is 3. The third-order valence-corrected chi connectivity index (χ3v) is 2.34. The van der Waals surface area contributed by atoms with Crippen molar-refractivity contribution in [3.05, 3.63) is 23.0 Å². The molecule has 0 bridgehead atoms. The van der Waals surface area contributed by atoms with Crippen LogP contribution in [-0.4, -0.2) is 11.3 Å². The van der Waals surface area contributed by atoms with E-state index in [0.29, 0.717) is 17.2 Å². The van der Waals surface area contributed by atoms with Gasteiger partial charge in [-0.3, -0.25) is 9.78 Å². The second kappa shape index (κ2) is 4.45. The summed E-state index contributed by atoms with van der Waals surface area (Å²) in [6.07, 6.45) is -1.25. The van der Waals surface area contributed by atoms with Gasteiger partial charge in [-0.1, -0.05) is 15.9 Å². The molecule has 0 spiro atoms. The predicted octanol–water partition coefficient (Wildman–Crippen LogP) is 2.31. The summed E-state index contributed by atoms with van der Waals surface area (Å²) < 4.78 is 24.7. The Morgan fingerprint density at radius 2 is 2.29 bits per heavy atom. The summed E-state index contributed by atoms with van der Waals surface area (Å²) in [5, 5.41) is 0.371. The molecule has 0 saturated carbocycles. The number of aromatic nitrogens is 1. The number of nitrogens with two attached hydrogens (primary N) is 1. The summed E-state index contributed by atoms with van der Waals surface area (Å²) >= 11 is 3.11. The van der Waals surface area contributed by atoms with Gasteiger partial charge in [-0.25, -0.2) is 8.78 Å². The van der Waals surface area contributed by atoms with Gasteiger partial charge in [0.25, 0.3) is 6.43 Å². The zero-order valence-electron chi connectivity index (χ0n) is 7.01. The SMILES string of the molecule is Nc1c(CBr)cnc(C(F)F)c1C=O. The number of halogens is 3. The van der Waals surface area contributed by atoms with Crippen LogP contribution < -0.4 is 5.73 Å². The number of nitrogens with zero attached hydrogens (tertiary/aromatic N) is 1. The Bertz CT molecular complexity index is 357. The Morgan fingerprint density at radius 1 is 1.64 bits per heavy atom. The molecule has 6 heteroatoms. The van der Waals surface area contributed by atoms with E-state index in [-0.39, 0.29) is 11.3 Å². The largest absolute Gasteiger partial charge is 0.398 e.